The Morgan fingerprint density at radius 3 is 2.45 bits per heavy atom. The number of hydrogen-bond donors (Lipinski definition) is 1. The van der Waals surface area contributed by atoms with Gasteiger partial charge in [-0.2, -0.15) is 0 Å². The second-order valence-electron chi connectivity index (χ2n) is 9.51. The zero-order valence-electron chi connectivity index (χ0n) is 22.4. The van der Waals surface area contributed by atoms with Crippen molar-refractivity contribution >= 4 is 17.7 Å². The molecule has 4 rings (SSSR count). The molecule has 6 nitrogen and oxygen atoms in total. The first-order valence-corrected chi connectivity index (χ1v) is 14.1. The van der Waals surface area contributed by atoms with Crippen LogP contribution in [0.25, 0.3) is 5.69 Å². The SMILES string of the molecule is COc1cccc(-n2c(CCCCC(=O)NCCc3ccccc3)nnc2SCc2cc(C)cc(C)c2)c1. The van der Waals surface area contributed by atoms with Gasteiger partial charge in [0.05, 0.1) is 12.8 Å². The van der Waals surface area contributed by atoms with Crippen molar-refractivity contribution in [1.82, 2.24) is 20.1 Å². The van der Waals surface area contributed by atoms with Crippen LogP contribution in [0.3, 0.4) is 0 Å². The molecule has 7 heteroatoms. The summed E-state index contributed by atoms with van der Waals surface area (Å²) in [7, 11) is 1.67. The molecule has 198 valence electrons. The summed E-state index contributed by atoms with van der Waals surface area (Å²) in [5.41, 5.74) is 6.01. The largest absolute Gasteiger partial charge is 0.497 e. The molecule has 0 aliphatic heterocycles. The van der Waals surface area contributed by atoms with Crippen molar-refractivity contribution in [3.8, 4) is 11.4 Å². The van der Waals surface area contributed by atoms with E-state index in [-0.39, 0.29) is 5.91 Å². The van der Waals surface area contributed by atoms with Gasteiger partial charge in [0.2, 0.25) is 5.91 Å². The number of nitrogens with one attached hydrogen (secondary N) is 1. The van der Waals surface area contributed by atoms with Gasteiger partial charge in [-0.15, -0.1) is 10.2 Å². The second kappa shape index (κ2) is 13.8. The summed E-state index contributed by atoms with van der Waals surface area (Å²) in [5.74, 6) is 2.60. The van der Waals surface area contributed by atoms with Crippen molar-refractivity contribution < 1.29 is 9.53 Å². The summed E-state index contributed by atoms with van der Waals surface area (Å²) in [6, 6.07) is 24.8. The number of aryl methyl sites for hydroxylation is 3. The van der Waals surface area contributed by atoms with Gasteiger partial charge in [-0.25, -0.2) is 0 Å². The van der Waals surface area contributed by atoms with Crippen LogP contribution in [0.15, 0.2) is 78.0 Å². The van der Waals surface area contributed by atoms with E-state index in [1.807, 2.05) is 36.4 Å². The van der Waals surface area contributed by atoms with Gasteiger partial charge in [-0.3, -0.25) is 9.36 Å². The molecule has 0 bridgehead atoms. The van der Waals surface area contributed by atoms with Gasteiger partial charge in [0.1, 0.15) is 11.6 Å². The highest BCUT2D eigenvalue weighted by Gasteiger charge is 2.16. The lowest BCUT2D eigenvalue weighted by atomic mass is 10.1. The van der Waals surface area contributed by atoms with E-state index in [1.54, 1.807) is 18.9 Å². The molecule has 0 saturated heterocycles. The quantitative estimate of drug-likeness (QED) is 0.164. The Labute approximate surface area is 229 Å². The topological polar surface area (TPSA) is 69.0 Å². The zero-order chi connectivity index (χ0) is 26.7. The lowest BCUT2D eigenvalue weighted by Gasteiger charge is -2.12. The number of rotatable bonds is 13. The molecule has 0 atom stereocenters. The van der Waals surface area contributed by atoms with Crippen LogP contribution in [0.1, 0.15) is 47.3 Å². The normalized spacial score (nSPS) is 10.9. The molecule has 0 fully saturated rings. The van der Waals surface area contributed by atoms with Crippen LogP contribution in [0.2, 0.25) is 0 Å². The summed E-state index contributed by atoms with van der Waals surface area (Å²) in [4.78, 5) is 12.3. The zero-order valence-corrected chi connectivity index (χ0v) is 23.3. The lowest BCUT2D eigenvalue weighted by Crippen LogP contribution is -2.25. The number of unbranched alkanes of at least 4 members (excludes halogenated alkanes) is 1. The number of hydrogen-bond acceptors (Lipinski definition) is 5. The van der Waals surface area contributed by atoms with Crippen LogP contribution in [-0.4, -0.2) is 34.3 Å². The molecule has 1 N–H and O–H groups in total. The van der Waals surface area contributed by atoms with E-state index in [1.165, 1.54) is 22.3 Å². The van der Waals surface area contributed by atoms with Gasteiger partial charge in [-0.1, -0.05) is 77.5 Å². The Kier molecular flexibility index (Phi) is 9.98. The highest BCUT2D eigenvalue weighted by Crippen LogP contribution is 2.28. The van der Waals surface area contributed by atoms with E-state index in [0.717, 1.165) is 53.9 Å². The number of benzene rings is 3. The highest BCUT2D eigenvalue weighted by molar-refractivity contribution is 7.98. The maximum Gasteiger partial charge on any atom is 0.220 e. The van der Waals surface area contributed by atoms with E-state index >= 15 is 0 Å². The molecule has 0 saturated carbocycles. The summed E-state index contributed by atoms with van der Waals surface area (Å²) in [5, 5.41) is 13.0. The smallest absolute Gasteiger partial charge is 0.220 e. The van der Waals surface area contributed by atoms with Crippen LogP contribution in [-0.2, 0) is 23.4 Å². The first-order chi connectivity index (χ1) is 18.5. The minimum absolute atomic E-state index is 0.0971. The minimum atomic E-state index is 0.0971. The van der Waals surface area contributed by atoms with Crippen LogP contribution in [0, 0.1) is 13.8 Å². The average molecular weight is 529 g/mol. The molecule has 1 heterocycles. The first kappa shape index (κ1) is 27.5. The second-order valence-corrected chi connectivity index (χ2v) is 10.5. The third-order valence-electron chi connectivity index (χ3n) is 6.29. The number of nitrogens with zero attached hydrogens (tertiary/aromatic N) is 3. The standard InChI is InChI=1S/C31H36N4O2S/c1-23-18-24(2)20-26(19-23)22-38-31-34-33-29(35(31)27-12-9-13-28(21-27)37-3)14-7-8-15-30(36)32-17-16-25-10-5-4-6-11-25/h4-6,9-13,18-21H,7-8,14-17,22H2,1-3H3,(H,32,36). The average Bonchev–Trinajstić information content (AvgIpc) is 3.33. The van der Waals surface area contributed by atoms with E-state index in [2.05, 4.69) is 70.3 Å². The number of ether oxygens (including phenoxy) is 1. The highest BCUT2D eigenvalue weighted by atomic mass is 32.2. The molecule has 38 heavy (non-hydrogen) atoms. The Morgan fingerprint density at radius 2 is 1.68 bits per heavy atom. The van der Waals surface area contributed by atoms with Crippen LogP contribution in [0.4, 0.5) is 0 Å². The fourth-order valence-corrected chi connectivity index (χ4v) is 5.41. The number of carbonyl (C=O) groups excluding carboxylic acids is 1. The number of carbonyl (C=O) groups is 1. The molecule has 0 spiro atoms. The first-order valence-electron chi connectivity index (χ1n) is 13.1. The van der Waals surface area contributed by atoms with Gasteiger partial charge in [-0.05, 0) is 56.4 Å². The van der Waals surface area contributed by atoms with Crippen molar-refractivity contribution in [3.05, 3.63) is 101 Å². The molecule has 1 aromatic heterocycles. The number of thioether (sulfide) groups is 1. The Hall–Kier alpha value is -3.58. The molecular formula is C31H36N4O2S. The maximum absolute atomic E-state index is 12.3. The van der Waals surface area contributed by atoms with Crippen molar-refractivity contribution in [2.24, 2.45) is 0 Å². The lowest BCUT2D eigenvalue weighted by molar-refractivity contribution is -0.121. The molecule has 0 radical (unpaired) electrons. The number of methoxy groups -OCH3 is 1. The summed E-state index contributed by atoms with van der Waals surface area (Å²) < 4.78 is 7.59. The molecular weight excluding hydrogens is 492 g/mol. The van der Waals surface area contributed by atoms with E-state index < -0.39 is 0 Å². The summed E-state index contributed by atoms with van der Waals surface area (Å²) >= 11 is 1.68. The third kappa shape index (κ3) is 7.96. The van der Waals surface area contributed by atoms with Crippen molar-refractivity contribution in [1.29, 1.82) is 0 Å². The van der Waals surface area contributed by atoms with E-state index in [9.17, 15) is 4.79 Å². The van der Waals surface area contributed by atoms with Crippen LogP contribution < -0.4 is 10.1 Å². The predicted molar refractivity (Wildman–Crippen MR) is 154 cm³/mol. The predicted octanol–water partition coefficient (Wildman–Crippen LogP) is 6.26. The molecule has 4 aromatic rings. The van der Waals surface area contributed by atoms with Gasteiger partial charge in [0.15, 0.2) is 5.16 Å². The monoisotopic (exact) mass is 528 g/mol. The fraction of sp³-hybridized carbons (Fsp3) is 0.323. The van der Waals surface area contributed by atoms with Gasteiger partial charge in [0, 0.05) is 31.2 Å². The minimum Gasteiger partial charge on any atom is -0.497 e. The van der Waals surface area contributed by atoms with Crippen molar-refractivity contribution in [2.45, 2.75) is 56.9 Å². The van der Waals surface area contributed by atoms with Gasteiger partial charge < -0.3 is 10.1 Å². The molecule has 1 amide bonds. The summed E-state index contributed by atoms with van der Waals surface area (Å²) in [6.45, 7) is 4.91. The molecule has 0 aliphatic rings. The number of amides is 1. The Balaban J connectivity index is 1.36. The van der Waals surface area contributed by atoms with Gasteiger partial charge >= 0.3 is 0 Å². The maximum atomic E-state index is 12.3. The van der Waals surface area contributed by atoms with Crippen molar-refractivity contribution in [2.75, 3.05) is 13.7 Å². The third-order valence-corrected chi connectivity index (χ3v) is 7.29. The van der Waals surface area contributed by atoms with Crippen LogP contribution >= 0.6 is 11.8 Å². The van der Waals surface area contributed by atoms with E-state index in [0.29, 0.717) is 13.0 Å². The Bertz CT molecular complexity index is 1320. The van der Waals surface area contributed by atoms with Crippen LogP contribution in [0.5, 0.6) is 5.75 Å². The molecule has 3 aromatic carbocycles. The Morgan fingerprint density at radius 1 is 0.895 bits per heavy atom. The molecule has 0 unspecified atom stereocenters. The van der Waals surface area contributed by atoms with Gasteiger partial charge in [0.25, 0.3) is 0 Å². The fourth-order valence-electron chi connectivity index (χ4n) is 4.51. The van der Waals surface area contributed by atoms with E-state index in [4.69, 9.17) is 4.74 Å². The summed E-state index contributed by atoms with van der Waals surface area (Å²) in [6.07, 6.45) is 3.75. The number of aromatic nitrogens is 3. The van der Waals surface area contributed by atoms with Crippen molar-refractivity contribution in [3.63, 3.8) is 0 Å². The molecule has 0 aliphatic carbocycles.